The average Bonchev–Trinajstić information content (AvgIpc) is 2.74. The summed E-state index contributed by atoms with van der Waals surface area (Å²) in [4.78, 5) is 14.0. The van der Waals surface area contributed by atoms with E-state index in [1.807, 2.05) is 44.4 Å². The fourth-order valence-electron chi connectivity index (χ4n) is 3.72. The first kappa shape index (κ1) is 20.7. The molecular formula is C23H29NO3S. The molecule has 1 N–H and O–H groups in total. The summed E-state index contributed by atoms with van der Waals surface area (Å²) in [6.45, 7) is 6.65. The van der Waals surface area contributed by atoms with Gasteiger partial charge in [0.05, 0.1) is 6.61 Å². The summed E-state index contributed by atoms with van der Waals surface area (Å²) in [7, 11) is 0. The number of hydrogen-bond donors (Lipinski definition) is 1. The van der Waals surface area contributed by atoms with Crippen molar-refractivity contribution in [1.29, 1.82) is 0 Å². The maximum atomic E-state index is 12.9. The topological polar surface area (TPSA) is 47.6 Å². The molecule has 0 bridgehead atoms. The standard InChI is InChI=1S/C23H29NO3S/c1-4-27-19-8-6-18(7-9-19)23(11-13-26-14-12-23)16-24-22(25)21-15-20(28-3)10-5-17(21)2/h5-10,15H,4,11-14,16H2,1-3H3,(H,24,25). The van der Waals surface area contributed by atoms with Gasteiger partial charge in [-0.1, -0.05) is 18.2 Å². The molecule has 0 unspecified atom stereocenters. The third-order valence-corrected chi connectivity index (χ3v) is 6.23. The molecule has 0 spiro atoms. The Morgan fingerprint density at radius 3 is 2.54 bits per heavy atom. The number of rotatable bonds is 7. The Labute approximate surface area is 172 Å². The molecule has 150 valence electrons. The number of benzene rings is 2. The lowest BCUT2D eigenvalue weighted by molar-refractivity contribution is 0.0487. The molecule has 0 atom stereocenters. The van der Waals surface area contributed by atoms with Crippen LogP contribution in [0.3, 0.4) is 0 Å². The van der Waals surface area contributed by atoms with Crippen LogP contribution in [-0.2, 0) is 10.2 Å². The minimum absolute atomic E-state index is 0.00907. The quantitative estimate of drug-likeness (QED) is 0.692. The summed E-state index contributed by atoms with van der Waals surface area (Å²) >= 11 is 1.65. The number of nitrogens with one attached hydrogen (secondary N) is 1. The Kier molecular flexibility index (Phi) is 7.03. The van der Waals surface area contributed by atoms with Gasteiger partial charge >= 0.3 is 0 Å². The lowest BCUT2D eigenvalue weighted by Gasteiger charge is -2.38. The van der Waals surface area contributed by atoms with Crippen LogP contribution in [0, 0.1) is 6.92 Å². The summed E-state index contributed by atoms with van der Waals surface area (Å²) in [5.41, 5.74) is 2.87. The Bertz CT molecular complexity index is 798. The molecule has 1 heterocycles. The number of carbonyl (C=O) groups excluding carboxylic acids is 1. The van der Waals surface area contributed by atoms with Crippen LogP contribution in [-0.4, -0.2) is 38.5 Å². The van der Waals surface area contributed by atoms with Gasteiger partial charge in [0.1, 0.15) is 5.75 Å². The molecule has 1 amide bonds. The Morgan fingerprint density at radius 1 is 1.18 bits per heavy atom. The van der Waals surface area contributed by atoms with Gasteiger partial charge in [0.25, 0.3) is 5.91 Å². The molecule has 0 aromatic heterocycles. The number of amides is 1. The fraction of sp³-hybridized carbons (Fsp3) is 0.435. The van der Waals surface area contributed by atoms with Gasteiger partial charge in [-0.3, -0.25) is 4.79 Å². The maximum absolute atomic E-state index is 12.9. The molecule has 1 aliphatic rings. The molecule has 2 aromatic rings. The van der Waals surface area contributed by atoms with E-state index in [4.69, 9.17) is 9.47 Å². The molecule has 0 saturated carbocycles. The third kappa shape index (κ3) is 4.70. The number of aryl methyl sites for hydroxylation is 1. The number of carbonyl (C=O) groups is 1. The molecule has 0 aliphatic carbocycles. The van der Waals surface area contributed by atoms with Crippen LogP contribution in [0.25, 0.3) is 0 Å². The monoisotopic (exact) mass is 399 g/mol. The van der Waals surface area contributed by atoms with E-state index in [2.05, 4.69) is 23.5 Å². The van der Waals surface area contributed by atoms with Gasteiger partial charge in [0.2, 0.25) is 0 Å². The predicted octanol–water partition coefficient (Wildman–Crippen LogP) is 4.59. The van der Waals surface area contributed by atoms with Gasteiger partial charge in [-0.05, 0) is 68.3 Å². The highest BCUT2D eigenvalue weighted by atomic mass is 32.2. The van der Waals surface area contributed by atoms with E-state index in [1.165, 1.54) is 5.56 Å². The van der Waals surface area contributed by atoms with E-state index >= 15 is 0 Å². The zero-order valence-electron chi connectivity index (χ0n) is 16.9. The van der Waals surface area contributed by atoms with Crippen LogP contribution in [0.5, 0.6) is 5.75 Å². The molecule has 3 rings (SSSR count). The lowest BCUT2D eigenvalue weighted by Crippen LogP contribution is -2.44. The van der Waals surface area contributed by atoms with Crippen LogP contribution < -0.4 is 10.1 Å². The highest BCUT2D eigenvalue weighted by Gasteiger charge is 2.35. The lowest BCUT2D eigenvalue weighted by atomic mass is 9.74. The van der Waals surface area contributed by atoms with E-state index in [-0.39, 0.29) is 11.3 Å². The first-order valence-electron chi connectivity index (χ1n) is 9.82. The number of thioether (sulfide) groups is 1. The second-order valence-electron chi connectivity index (χ2n) is 7.21. The van der Waals surface area contributed by atoms with Gasteiger partial charge in [0, 0.05) is 35.6 Å². The number of hydrogen-bond acceptors (Lipinski definition) is 4. The number of ether oxygens (including phenoxy) is 2. The molecular weight excluding hydrogens is 370 g/mol. The smallest absolute Gasteiger partial charge is 0.251 e. The second kappa shape index (κ2) is 9.48. The van der Waals surface area contributed by atoms with Crippen molar-refractivity contribution in [2.75, 3.05) is 32.6 Å². The SMILES string of the molecule is CCOc1ccc(C2(CNC(=O)c3cc(SC)ccc3C)CCOCC2)cc1. The highest BCUT2D eigenvalue weighted by molar-refractivity contribution is 7.98. The Balaban J connectivity index is 1.78. The minimum atomic E-state index is -0.107. The van der Waals surface area contributed by atoms with E-state index < -0.39 is 0 Å². The van der Waals surface area contributed by atoms with Gasteiger partial charge < -0.3 is 14.8 Å². The van der Waals surface area contributed by atoms with E-state index in [0.717, 1.165) is 34.6 Å². The predicted molar refractivity (Wildman–Crippen MR) is 115 cm³/mol. The Morgan fingerprint density at radius 2 is 1.89 bits per heavy atom. The van der Waals surface area contributed by atoms with Crippen molar-refractivity contribution in [2.24, 2.45) is 0 Å². The van der Waals surface area contributed by atoms with E-state index in [9.17, 15) is 4.79 Å². The van der Waals surface area contributed by atoms with Crippen molar-refractivity contribution in [1.82, 2.24) is 5.32 Å². The van der Waals surface area contributed by atoms with E-state index in [0.29, 0.717) is 26.4 Å². The summed E-state index contributed by atoms with van der Waals surface area (Å²) in [5, 5.41) is 3.20. The second-order valence-corrected chi connectivity index (χ2v) is 8.09. The zero-order valence-corrected chi connectivity index (χ0v) is 17.7. The average molecular weight is 400 g/mol. The maximum Gasteiger partial charge on any atom is 0.251 e. The first-order chi connectivity index (χ1) is 13.6. The largest absolute Gasteiger partial charge is 0.494 e. The van der Waals surface area contributed by atoms with Crippen LogP contribution in [0.1, 0.15) is 41.3 Å². The van der Waals surface area contributed by atoms with Crippen molar-refractivity contribution < 1.29 is 14.3 Å². The Hall–Kier alpha value is -1.98. The van der Waals surface area contributed by atoms with Crippen molar-refractivity contribution in [2.45, 2.75) is 37.0 Å². The van der Waals surface area contributed by atoms with Gasteiger partial charge in [-0.25, -0.2) is 0 Å². The van der Waals surface area contributed by atoms with Crippen molar-refractivity contribution in [3.05, 3.63) is 59.2 Å². The molecule has 2 aromatic carbocycles. The van der Waals surface area contributed by atoms with Gasteiger partial charge in [-0.15, -0.1) is 11.8 Å². The fourth-order valence-corrected chi connectivity index (χ4v) is 4.16. The summed E-state index contributed by atoms with van der Waals surface area (Å²) in [5.74, 6) is 0.868. The van der Waals surface area contributed by atoms with E-state index in [1.54, 1.807) is 11.8 Å². The molecule has 28 heavy (non-hydrogen) atoms. The molecule has 1 saturated heterocycles. The molecule has 5 heteroatoms. The van der Waals surface area contributed by atoms with Crippen molar-refractivity contribution in [3.63, 3.8) is 0 Å². The normalized spacial score (nSPS) is 15.8. The molecule has 1 aliphatic heterocycles. The molecule has 4 nitrogen and oxygen atoms in total. The third-order valence-electron chi connectivity index (χ3n) is 5.50. The van der Waals surface area contributed by atoms with Crippen molar-refractivity contribution in [3.8, 4) is 5.75 Å². The molecule has 1 fully saturated rings. The minimum Gasteiger partial charge on any atom is -0.494 e. The van der Waals surface area contributed by atoms with Crippen LogP contribution >= 0.6 is 11.8 Å². The van der Waals surface area contributed by atoms with Gasteiger partial charge in [0.15, 0.2) is 0 Å². The zero-order chi connectivity index (χ0) is 20.0. The summed E-state index contributed by atoms with van der Waals surface area (Å²) < 4.78 is 11.2. The molecule has 0 radical (unpaired) electrons. The van der Waals surface area contributed by atoms with Crippen molar-refractivity contribution >= 4 is 17.7 Å². The highest BCUT2D eigenvalue weighted by Crippen LogP contribution is 2.35. The summed E-state index contributed by atoms with van der Waals surface area (Å²) in [6.07, 6.45) is 3.81. The first-order valence-corrected chi connectivity index (χ1v) is 11.0. The summed E-state index contributed by atoms with van der Waals surface area (Å²) in [6, 6.07) is 14.3. The van der Waals surface area contributed by atoms with Crippen LogP contribution in [0.15, 0.2) is 47.4 Å². The van der Waals surface area contributed by atoms with Crippen LogP contribution in [0.2, 0.25) is 0 Å². The van der Waals surface area contributed by atoms with Gasteiger partial charge in [-0.2, -0.15) is 0 Å². The van der Waals surface area contributed by atoms with Crippen LogP contribution in [0.4, 0.5) is 0 Å².